The molecule has 1 atom stereocenters. The van der Waals surface area contributed by atoms with Gasteiger partial charge in [0.1, 0.15) is 5.82 Å². The van der Waals surface area contributed by atoms with E-state index in [2.05, 4.69) is 21.8 Å². The number of nitrogens with zero attached hydrogens (tertiary/aromatic N) is 5. The van der Waals surface area contributed by atoms with Gasteiger partial charge in [-0.25, -0.2) is 13.8 Å². The van der Waals surface area contributed by atoms with Crippen LogP contribution in [0, 0.1) is 5.82 Å². The highest BCUT2D eigenvalue weighted by Crippen LogP contribution is 2.31. The Balaban J connectivity index is 1.75. The Morgan fingerprint density at radius 1 is 1.03 bits per heavy atom. The lowest BCUT2D eigenvalue weighted by Gasteiger charge is -2.39. The standard InChI is InChI=1S/C31H44F2N6/c1-22-20-28(34-4)29-11-6-7-18-39(29)23(2)27-21-26(32)13-12-25(27)10-8-14-35-15-19-37(5)24(3)30(33)31(36-22)38-16-9-17-38/h12-13,20-21,29,35H,2,6-11,14-19H2,1,3-5H3/b22-20+,30-24-,34-28+,36-31+. The number of hydrogen-bond donors (Lipinski definition) is 1. The molecule has 1 unspecified atom stereocenters. The largest absolute Gasteiger partial charge is 0.374 e. The first kappa shape index (κ1) is 29.0. The van der Waals surface area contributed by atoms with Crippen molar-refractivity contribution in [3.8, 4) is 0 Å². The maximum absolute atomic E-state index is 15.8. The number of aryl methyl sites for hydroxylation is 1. The summed E-state index contributed by atoms with van der Waals surface area (Å²) < 4.78 is 30.3. The third-order valence-electron chi connectivity index (χ3n) is 8.14. The summed E-state index contributed by atoms with van der Waals surface area (Å²) in [6, 6.07) is 5.06. The maximum atomic E-state index is 15.8. The van der Waals surface area contributed by atoms with Gasteiger partial charge in [0.25, 0.3) is 0 Å². The fourth-order valence-electron chi connectivity index (χ4n) is 5.53. The van der Waals surface area contributed by atoms with Gasteiger partial charge in [-0.2, -0.15) is 0 Å². The van der Waals surface area contributed by atoms with Gasteiger partial charge in [-0.05, 0) is 82.7 Å². The molecule has 0 aliphatic carbocycles. The van der Waals surface area contributed by atoms with Crippen molar-refractivity contribution in [2.75, 3.05) is 53.4 Å². The highest BCUT2D eigenvalue weighted by Gasteiger charge is 2.29. The van der Waals surface area contributed by atoms with E-state index in [-0.39, 0.29) is 17.7 Å². The Morgan fingerprint density at radius 3 is 2.54 bits per heavy atom. The molecule has 1 aromatic rings. The van der Waals surface area contributed by atoms with Gasteiger partial charge in [-0.15, -0.1) is 0 Å². The van der Waals surface area contributed by atoms with Crippen LogP contribution in [0.4, 0.5) is 8.78 Å². The maximum Gasteiger partial charge on any atom is 0.184 e. The van der Waals surface area contributed by atoms with Crippen molar-refractivity contribution < 1.29 is 8.78 Å². The van der Waals surface area contributed by atoms with E-state index in [0.29, 0.717) is 23.8 Å². The van der Waals surface area contributed by atoms with Crippen molar-refractivity contribution in [2.24, 2.45) is 9.98 Å². The Bertz CT molecular complexity index is 1160. The minimum absolute atomic E-state index is 0.00184. The van der Waals surface area contributed by atoms with Crippen molar-refractivity contribution in [3.05, 3.63) is 65.0 Å². The number of piperidine rings is 1. The number of benzene rings is 1. The van der Waals surface area contributed by atoms with Gasteiger partial charge >= 0.3 is 0 Å². The molecule has 0 saturated carbocycles. The Kier molecular flexibility index (Phi) is 9.94. The molecular weight excluding hydrogens is 494 g/mol. The van der Waals surface area contributed by atoms with Gasteiger partial charge in [-0.3, -0.25) is 4.99 Å². The summed E-state index contributed by atoms with van der Waals surface area (Å²) >= 11 is 0. The average Bonchev–Trinajstić information content (AvgIpc) is 2.91. The van der Waals surface area contributed by atoms with Crippen LogP contribution >= 0.6 is 0 Å². The number of rotatable bonds is 0. The zero-order valence-electron chi connectivity index (χ0n) is 24.1. The first-order valence-corrected chi connectivity index (χ1v) is 14.3. The van der Waals surface area contributed by atoms with E-state index < -0.39 is 0 Å². The second-order valence-corrected chi connectivity index (χ2v) is 10.8. The first-order chi connectivity index (χ1) is 18.8. The highest BCUT2D eigenvalue weighted by atomic mass is 19.1. The van der Waals surface area contributed by atoms with Crippen LogP contribution in [0.2, 0.25) is 0 Å². The predicted molar refractivity (Wildman–Crippen MR) is 158 cm³/mol. The molecule has 4 rings (SSSR count). The molecule has 1 aromatic carbocycles. The smallest absolute Gasteiger partial charge is 0.184 e. The third-order valence-corrected chi connectivity index (χ3v) is 8.14. The van der Waals surface area contributed by atoms with Crippen LogP contribution in [0.25, 0.3) is 5.70 Å². The van der Waals surface area contributed by atoms with Crippen molar-refractivity contribution in [1.29, 1.82) is 0 Å². The van der Waals surface area contributed by atoms with E-state index in [0.717, 1.165) is 93.8 Å². The molecule has 8 heteroatoms. The molecular formula is C31H44F2N6. The minimum atomic E-state index is -0.275. The summed E-state index contributed by atoms with van der Waals surface area (Å²) in [5.41, 5.74) is 5.00. The van der Waals surface area contributed by atoms with Gasteiger partial charge in [0.05, 0.1) is 17.5 Å². The van der Waals surface area contributed by atoms with E-state index >= 15 is 4.39 Å². The third kappa shape index (κ3) is 6.96. The molecule has 1 N–H and O–H groups in total. The molecule has 2 saturated heterocycles. The van der Waals surface area contributed by atoms with Crippen molar-refractivity contribution in [1.82, 2.24) is 20.0 Å². The number of amidine groups is 1. The molecule has 39 heavy (non-hydrogen) atoms. The first-order valence-electron chi connectivity index (χ1n) is 14.3. The Morgan fingerprint density at radius 2 is 1.82 bits per heavy atom. The predicted octanol–water partition coefficient (Wildman–Crippen LogP) is 5.40. The fraction of sp³-hybridized carbons (Fsp3) is 0.548. The quantitative estimate of drug-likeness (QED) is 0.481. The topological polar surface area (TPSA) is 46.5 Å². The summed E-state index contributed by atoms with van der Waals surface area (Å²) in [5.74, 6) is -0.126. The van der Waals surface area contributed by atoms with E-state index in [1.165, 1.54) is 0 Å². The molecule has 6 nitrogen and oxygen atoms in total. The number of halogens is 2. The summed E-state index contributed by atoms with van der Waals surface area (Å²) in [4.78, 5) is 15.7. The minimum Gasteiger partial charge on any atom is -0.374 e. The summed E-state index contributed by atoms with van der Waals surface area (Å²) in [6.45, 7) is 12.9. The van der Waals surface area contributed by atoms with E-state index in [1.54, 1.807) is 19.2 Å². The van der Waals surface area contributed by atoms with Crippen LogP contribution in [-0.4, -0.2) is 85.7 Å². The molecule has 0 bridgehead atoms. The lowest BCUT2D eigenvalue weighted by molar-refractivity contribution is 0.282. The van der Waals surface area contributed by atoms with Crippen LogP contribution in [-0.2, 0) is 6.42 Å². The number of hydrogen-bond acceptors (Lipinski definition) is 6. The zero-order valence-corrected chi connectivity index (χ0v) is 24.1. The molecule has 0 spiro atoms. The second-order valence-electron chi connectivity index (χ2n) is 10.8. The fourth-order valence-corrected chi connectivity index (χ4v) is 5.53. The molecule has 2 fully saturated rings. The number of aliphatic imine (C=N–C) groups is 2. The molecule has 0 radical (unpaired) electrons. The second kappa shape index (κ2) is 13.4. The van der Waals surface area contributed by atoms with E-state index in [1.807, 2.05) is 42.8 Å². The van der Waals surface area contributed by atoms with Gasteiger partial charge in [0.15, 0.2) is 11.7 Å². The van der Waals surface area contributed by atoms with Gasteiger partial charge in [0.2, 0.25) is 0 Å². The normalized spacial score (nSPS) is 28.3. The van der Waals surface area contributed by atoms with Crippen LogP contribution in [0.1, 0.15) is 57.1 Å². The zero-order chi connectivity index (χ0) is 27.9. The number of nitrogens with one attached hydrogen (secondary N) is 1. The SMILES string of the molecule is C=C1c2cc(F)ccc2CCCNCCN(C)/C(C)=C(F)/C(N2CCC2)=N\C(C)=C\C(=N/C)C2CCCCN12. The molecule has 212 valence electrons. The molecule has 0 aromatic heterocycles. The number of fused-ring (bicyclic) bond motifs is 2. The summed E-state index contributed by atoms with van der Waals surface area (Å²) in [6.07, 6.45) is 7.80. The van der Waals surface area contributed by atoms with Crippen LogP contribution in [0.3, 0.4) is 0 Å². The van der Waals surface area contributed by atoms with Gasteiger partial charge in [0, 0.05) is 63.8 Å². The highest BCUT2D eigenvalue weighted by molar-refractivity contribution is 6.02. The Hall–Kier alpha value is -3.00. The lowest BCUT2D eigenvalue weighted by atomic mass is 9.93. The summed E-state index contributed by atoms with van der Waals surface area (Å²) in [7, 11) is 3.72. The van der Waals surface area contributed by atoms with E-state index in [4.69, 9.17) is 4.99 Å². The van der Waals surface area contributed by atoms with Crippen molar-refractivity contribution in [2.45, 2.75) is 58.4 Å². The molecule has 3 aliphatic rings. The van der Waals surface area contributed by atoms with Gasteiger partial charge in [-0.1, -0.05) is 12.6 Å². The number of likely N-dealkylation sites (tertiary alicyclic amines) is 1. The number of allylic oxidation sites excluding steroid dienone is 2. The van der Waals surface area contributed by atoms with E-state index in [9.17, 15) is 4.39 Å². The van der Waals surface area contributed by atoms with Crippen LogP contribution in [0.15, 0.2) is 58.1 Å². The van der Waals surface area contributed by atoms with Crippen molar-refractivity contribution in [3.63, 3.8) is 0 Å². The van der Waals surface area contributed by atoms with Gasteiger partial charge < -0.3 is 20.0 Å². The summed E-state index contributed by atoms with van der Waals surface area (Å²) in [5, 5.41) is 3.48. The molecule has 3 heterocycles. The molecule has 0 amide bonds. The number of likely N-dealkylation sites (N-methyl/N-ethyl adjacent to an activating group) is 1. The molecule has 3 aliphatic heterocycles. The Labute approximate surface area is 232 Å². The van der Waals surface area contributed by atoms with Crippen LogP contribution in [0.5, 0.6) is 0 Å². The van der Waals surface area contributed by atoms with Crippen molar-refractivity contribution >= 4 is 17.2 Å². The average molecular weight is 539 g/mol. The lowest BCUT2D eigenvalue weighted by Crippen LogP contribution is -2.43. The van der Waals surface area contributed by atoms with Crippen LogP contribution < -0.4 is 5.32 Å². The monoisotopic (exact) mass is 538 g/mol.